The molecule has 2 rings (SSSR count). The Balaban J connectivity index is 1.99. The monoisotopic (exact) mass is 466 g/mol. The van der Waals surface area contributed by atoms with Crippen molar-refractivity contribution in [3.05, 3.63) is 58.2 Å². The van der Waals surface area contributed by atoms with Crippen LogP contribution in [0.15, 0.2) is 0 Å². The highest BCUT2D eigenvalue weighted by molar-refractivity contribution is 5.30. The van der Waals surface area contributed by atoms with Crippen molar-refractivity contribution < 1.29 is 57.9 Å². The van der Waals surface area contributed by atoms with Crippen LogP contribution in [0.2, 0.25) is 0 Å². The Hall–Kier alpha value is -2.70. The summed E-state index contributed by atoms with van der Waals surface area (Å²) in [6.45, 7) is -1.35. The Kier molecular flexibility index (Phi) is 7.29. The summed E-state index contributed by atoms with van der Waals surface area (Å²) in [5.74, 6) is -25.0. The van der Waals surface area contributed by atoms with Gasteiger partial charge >= 0.3 is 0 Å². The normalized spacial score (nSPS) is 11.7. The van der Waals surface area contributed by atoms with Crippen LogP contribution in [0.25, 0.3) is 0 Å². The van der Waals surface area contributed by atoms with Crippen LogP contribution in [0, 0.1) is 58.2 Å². The molecule has 0 aromatic heterocycles. The van der Waals surface area contributed by atoms with Crippen molar-refractivity contribution in [3.63, 3.8) is 0 Å². The molecule has 0 N–H and O–H groups in total. The zero-order valence-electron chi connectivity index (χ0n) is 15.9. The molecule has 2 aromatic rings. The Bertz CT molecular complexity index is 861. The van der Waals surface area contributed by atoms with Gasteiger partial charge in [0.05, 0.1) is 14.1 Å². The number of halogens is 10. The molecule has 0 atom stereocenters. The third-order valence-electron chi connectivity index (χ3n) is 4.23. The Morgan fingerprint density at radius 2 is 0.677 bits per heavy atom. The maximum absolute atomic E-state index is 13.6. The minimum absolute atomic E-state index is 0.125. The van der Waals surface area contributed by atoms with Gasteiger partial charge in [-0.25, -0.2) is 26.3 Å². The van der Waals surface area contributed by atoms with Crippen LogP contribution in [0.4, 0.5) is 43.9 Å². The van der Waals surface area contributed by atoms with E-state index < -0.39 is 82.9 Å². The predicted molar refractivity (Wildman–Crippen MR) is 85.3 cm³/mol. The fourth-order valence-corrected chi connectivity index (χ4v) is 2.32. The lowest BCUT2D eigenvalue weighted by molar-refractivity contribution is -0.890. The van der Waals surface area contributed by atoms with Crippen LogP contribution in [0.3, 0.4) is 0 Å². The summed E-state index contributed by atoms with van der Waals surface area (Å²) in [4.78, 5) is 0. The second-order valence-corrected chi connectivity index (χ2v) is 6.88. The molecule has 2 aromatic carbocycles. The first kappa shape index (κ1) is 24.6. The predicted octanol–water partition coefficient (Wildman–Crippen LogP) is 4.61. The van der Waals surface area contributed by atoms with E-state index in [-0.39, 0.29) is 17.6 Å². The molecular weight excluding hydrogens is 452 g/mol. The first-order valence-corrected chi connectivity index (χ1v) is 8.40. The van der Waals surface area contributed by atoms with Gasteiger partial charge in [0.1, 0.15) is 26.3 Å². The van der Waals surface area contributed by atoms with Crippen molar-refractivity contribution in [1.29, 1.82) is 0 Å². The molecule has 0 heterocycles. The number of hydrogen-bond acceptors (Lipinski definition) is 2. The van der Waals surface area contributed by atoms with Gasteiger partial charge in [-0.2, -0.15) is 17.6 Å². The standard InChI is InChI=1S/C18H14F10NO2/c1-29(2,3-5-30-17-13(25)9(21)7(19)10(22)14(17)26)4-6-31-18-15(27)11(23)8(20)12(24)16(18)28/h3-6H2,1-2H3/q+1. The van der Waals surface area contributed by atoms with Crippen LogP contribution >= 0.6 is 0 Å². The van der Waals surface area contributed by atoms with Gasteiger partial charge in [-0.1, -0.05) is 0 Å². The number of nitrogens with zero attached hydrogens (tertiary/aromatic N) is 1. The largest absolute Gasteiger partial charge is 0.481 e. The van der Waals surface area contributed by atoms with E-state index in [2.05, 4.69) is 9.47 Å². The molecule has 0 saturated carbocycles. The summed E-state index contributed by atoms with van der Waals surface area (Å²) >= 11 is 0. The molecule has 0 aliphatic heterocycles. The van der Waals surface area contributed by atoms with E-state index in [1.165, 1.54) is 14.1 Å². The van der Waals surface area contributed by atoms with Gasteiger partial charge in [0.2, 0.25) is 58.2 Å². The van der Waals surface area contributed by atoms with Gasteiger partial charge in [-0.3, -0.25) is 0 Å². The SMILES string of the molecule is C[N+](C)(CCOc1c(F)c(F)c(F)c(F)c1F)CCOc1c(F)c(F)c(F)c(F)c1F. The van der Waals surface area contributed by atoms with Crippen LogP contribution in [-0.2, 0) is 0 Å². The summed E-state index contributed by atoms with van der Waals surface area (Å²) in [7, 11) is 2.92. The molecule has 0 saturated heterocycles. The zero-order valence-corrected chi connectivity index (χ0v) is 15.9. The van der Waals surface area contributed by atoms with Gasteiger partial charge in [0.25, 0.3) is 0 Å². The molecule has 31 heavy (non-hydrogen) atoms. The third-order valence-corrected chi connectivity index (χ3v) is 4.23. The van der Waals surface area contributed by atoms with Crippen LogP contribution < -0.4 is 9.47 Å². The molecule has 0 amide bonds. The molecule has 0 spiro atoms. The van der Waals surface area contributed by atoms with Crippen molar-refractivity contribution in [1.82, 2.24) is 0 Å². The summed E-state index contributed by atoms with van der Waals surface area (Å²) < 4.78 is 142. The number of quaternary nitrogens is 1. The average Bonchev–Trinajstić information content (AvgIpc) is 2.72. The molecule has 0 bridgehead atoms. The summed E-state index contributed by atoms with van der Waals surface area (Å²) in [6, 6.07) is 0. The lowest BCUT2D eigenvalue weighted by Gasteiger charge is -2.29. The molecule has 0 aliphatic carbocycles. The van der Waals surface area contributed by atoms with Crippen molar-refractivity contribution in [3.8, 4) is 11.5 Å². The fraction of sp³-hybridized carbons (Fsp3) is 0.333. The Morgan fingerprint density at radius 1 is 0.452 bits per heavy atom. The molecule has 172 valence electrons. The lowest BCUT2D eigenvalue weighted by atomic mass is 10.2. The number of rotatable bonds is 8. The van der Waals surface area contributed by atoms with Crippen molar-refractivity contribution in [2.75, 3.05) is 40.4 Å². The van der Waals surface area contributed by atoms with E-state index in [4.69, 9.17) is 0 Å². The highest BCUT2D eigenvalue weighted by Crippen LogP contribution is 2.30. The van der Waals surface area contributed by atoms with E-state index in [0.29, 0.717) is 0 Å². The Labute approximate surface area is 169 Å². The van der Waals surface area contributed by atoms with Crippen LogP contribution in [-0.4, -0.2) is 44.9 Å². The first-order valence-electron chi connectivity index (χ1n) is 8.40. The zero-order chi connectivity index (χ0) is 23.7. The van der Waals surface area contributed by atoms with Crippen LogP contribution in [0.5, 0.6) is 11.5 Å². The molecule has 13 heteroatoms. The van der Waals surface area contributed by atoms with Crippen molar-refractivity contribution in [2.24, 2.45) is 0 Å². The number of ether oxygens (including phenoxy) is 2. The van der Waals surface area contributed by atoms with Crippen LogP contribution in [0.1, 0.15) is 0 Å². The summed E-state index contributed by atoms with van der Waals surface area (Å²) in [5.41, 5.74) is 0. The number of likely N-dealkylation sites (N-methyl/N-ethyl adjacent to an activating group) is 1. The van der Waals surface area contributed by atoms with Gasteiger partial charge < -0.3 is 14.0 Å². The van der Waals surface area contributed by atoms with E-state index in [1.807, 2.05) is 0 Å². The minimum Gasteiger partial charge on any atom is -0.481 e. The van der Waals surface area contributed by atoms with Gasteiger partial charge in [-0.05, 0) is 0 Å². The van der Waals surface area contributed by atoms with E-state index in [9.17, 15) is 43.9 Å². The molecule has 3 nitrogen and oxygen atoms in total. The topological polar surface area (TPSA) is 18.5 Å². The maximum Gasteiger partial charge on any atom is 0.206 e. The van der Waals surface area contributed by atoms with E-state index >= 15 is 0 Å². The average molecular weight is 466 g/mol. The third kappa shape index (κ3) is 4.97. The quantitative estimate of drug-likeness (QED) is 0.245. The van der Waals surface area contributed by atoms with Gasteiger partial charge in [0, 0.05) is 0 Å². The highest BCUT2D eigenvalue weighted by atomic mass is 19.2. The molecule has 0 fully saturated rings. The molecule has 0 radical (unpaired) electrons. The minimum atomic E-state index is -2.34. The maximum atomic E-state index is 13.6. The van der Waals surface area contributed by atoms with E-state index in [0.717, 1.165) is 0 Å². The smallest absolute Gasteiger partial charge is 0.206 e. The highest BCUT2D eigenvalue weighted by Gasteiger charge is 2.29. The molecule has 0 aliphatic rings. The van der Waals surface area contributed by atoms with Gasteiger partial charge in [0.15, 0.2) is 11.5 Å². The second kappa shape index (κ2) is 9.20. The molecule has 0 unspecified atom stereocenters. The summed E-state index contributed by atoms with van der Waals surface area (Å²) in [5, 5.41) is 0. The number of hydrogen-bond donors (Lipinski definition) is 0. The molecular formula is C18H14F10NO2+. The van der Waals surface area contributed by atoms with Gasteiger partial charge in [-0.15, -0.1) is 0 Å². The Morgan fingerprint density at radius 3 is 0.935 bits per heavy atom. The number of benzene rings is 2. The fourth-order valence-electron chi connectivity index (χ4n) is 2.32. The van der Waals surface area contributed by atoms with Crippen molar-refractivity contribution in [2.45, 2.75) is 0 Å². The van der Waals surface area contributed by atoms with E-state index in [1.54, 1.807) is 0 Å². The lowest BCUT2D eigenvalue weighted by Crippen LogP contribution is -2.45. The first-order chi connectivity index (χ1) is 14.3. The van der Waals surface area contributed by atoms with Crippen molar-refractivity contribution >= 4 is 0 Å². The second-order valence-electron chi connectivity index (χ2n) is 6.88. The summed E-state index contributed by atoms with van der Waals surface area (Å²) in [6.07, 6.45) is 0.